The number of hydrogen-bond donors (Lipinski definition) is 1. The number of carbonyl (C=O) groups excluding carboxylic acids is 1. The fourth-order valence-corrected chi connectivity index (χ4v) is 3.26. The molecule has 120 valence electrons. The minimum Gasteiger partial charge on any atom is -0.480 e. The smallest absolute Gasteiger partial charge is 0.410 e. The van der Waals surface area contributed by atoms with E-state index in [-0.39, 0.29) is 19.1 Å². The van der Waals surface area contributed by atoms with Gasteiger partial charge in [-0.25, -0.2) is 4.79 Å². The first-order valence-electron chi connectivity index (χ1n) is 7.66. The largest absolute Gasteiger partial charge is 0.480 e. The number of nitrogens with zero attached hydrogens (tertiary/aromatic N) is 1. The number of ether oxygens (including phenoxy) is 1. The molecular formula is C18H19NO4. The summed E-state index contributed by atoms with van der Waals surface area (Å²) in [5, 5.41) is 8.73. The maximum atomic E-state index is 11.9. The lowest BCUT2D eigenvalue weighted by Crippen LogP contribution is -2.33. The van der Waals surface area contributed by atoms with Crippen LogP contribution in [-0.2, 0) is 9.53 Å². The van der Waals surface area contributed by atoms with Gasteiger partial charge in [0, 0.05) is 13.0 Å². The first kappa shape index (κ1) is 15.3. The van der Waals surface area contributed by atoms with Gasteiger partial charge in [-0.1, -0.05) is 42.0 Å². The van der Waals surface area contributed by atoms with Crippen LogP contribution in [0.1, 0.15) is 29.9 Å². The summed E-state index contributed by atoms with van der Waals surface area (Å²) in [5.74, 6) is -0.994. The third-order valence-corrected chi connectivity index (χ3v) is 4.32. The molecule has 0 spiro atoms. The molecule has 0 saturated heterocycles. The Balaban J connectivity index is 1.75. The van der Waals surface area contributed by atoms with Crippen molar-refractivity contribution in [3.63, 3.8) is 0 Å². The number of hydrogen-bond acceptors (Lipinski definition) is 3. The van der Waals surface area contributed by atoms with Crippen molar-refractivity contribution in [3.05, 3.63) is 53.1 Å². The van der Waals surface area contributed by atoms with E-state index in [0.29, 0.717) is 0 Å². The van der Waals surface area contributed by atoms with Gasteiger partial charge in [-0.3, -0.25) is 4.79 Å². The Morgan fingerprint density at radius 3 is 2.91 bits per heavy atom. The number of fused-ring (bicyclic) bond motifs is 2. The molecule has 0 radical (unpaired) electrons. The molecule has 5 heteroatoms. The van der Waals surface area contributed by atoms with Crippen molar-refractivity contribution in [2.45, 2.75) is 18.8 Å². The molecular weight excluding hydrogens is 294 g/mol. The first-order chi connectivity index (χ1) is 11.1. The summed E-state index contributed by atoms with van der Waals surface area (Å²) < 4.78 is 5.36. The first-order valence-corrected chi connectivity index (χ1v) is 7.66. The molecule has 0 aromatic heterocycles. The number of rotatable bonds is 4. The van der Waals surface area contributed by atoms with Crippen LogP contribution in [0.5, 0.6) is 0 Å². The molecule has 0 fully saturated rings. The van der Waals surface area contributed by atoms with E-state index >= 15 is 0 Å². The quantitative estimate of drug-likeness (QED) is 0.928. The zero-order chi connectivity index (χ0) is 16.4. The number of carbonyl (C=O) groups is 2. The summed E-state index contributed by atoms with van der Waals surface area (Å²) in [6, 6.07) is 8.17. The summed E-state index contributed by atoms with van der Waals surface area (Å²) in [5.41, 5.74) is 4.94. The second-order valence-corrected chi connectivity index (χ2v) is 5.85. The van der Waals surface area contributed by atoms with Gasteiger partial charge in [-0.05, 0) is 29.5 Å². The van der Waals surface area contributed by atoms with Gasteiger partial charge in [0.1, 0.15) is 13.2 Å². The summed E-state index contributed by atoms with van der Waals surface area (Å²) in [6.45, 7) is -0.122. The third-order valence-electron chi connectivity index (χ3n) is 4.32. The lowest BCUT2D eigenvalue weighted by Gasteiger charge is -2.20. The topological polar surface area (TPSA) is 66.8 Å². The fraction of sp³-hybridized carbons (Fsp3) is 0.333. The van der Waals surface area contributed by atoms with Gasteiger partial charge < -0.3 is 14.7 Å². The molecule has 0 bridgehead atoms. The molecule has 0 aliphatic heterocycles. The Bertz CT molecular complexity index is 705. The van der Waals surface area contributed by atoms with Gasteiger partial charge in [0.15, 0.2) is 0 Å². The molecule has 23 heavy (non-hydrogen) atoms. The molecule has 1 atom stereocenters. The Labute approximate surface area is 134 Å². The summed E-state index contributed by atoms with van der Waals surface area (Å²) in [6.07, 6.45) is 5.68. The van der Waals surface area contributed by atoms with Crippen molar-refractivity contribution in [1.29, 1.82) is 0 Å². The predicted molar refractivity (Wildman–Crippen MR) is 86.1 cm³/mol. The highest BCUT2D eigenvalue weighted by molar-refractivity contribution is 5.85. The van der Waals surface area contributed by atoms with E-state index in [2.05, 4.69) is 24.3 Å². The van der Waals surface area contributed by atoms with Crippen molar-refractivity contribution < 1.29 is 19.4 Å². The van der Waals surface area contributed by atoms with Crippen LogP contribution in [0.2, 0.25) is 0 Å². The zero-order valence-electron chi connectivity index (χ0n) is 13.0. The minimum absolute atomic E-state index is 0.0633. The fourth-order valence-electron chi connectivity index (χ4n) is 3.26. The van der Waals surface area contributed by atoms with Crippen LogP contribution in [0.4, 0.5) is 4.79 Å². The SMILES string of the molecule is CN(CC(=O)O)C(=O)OCC1C2=C(C=CCC2)c2ccccc21. The van der Waals surface area contributed by atoms with Crippen LogP contribution < -0.4 is 0 Å². The summed E-state index contributed by atoms with van der Waals surface area (Å²) in [4.78, 5) is 23.6. The number of allylic oxidation sites excluding steroid dienone is 3. The lowest BCUT2D eigenvalue weighted by atomic mass is 9.91. The number of amides is 1. The monoisotopic (exact) mass is 313 g/mol. The van der Waals surface area contributed by atoms with E-state index in [0.717, 1.165) is 17.7 Å². The molecule has 3 rings (SSSR count). The van der Waals surface area contributed by atoms with Gasteiger partial charge >= 0.3 is 12.1 Å². The molecule has 0 heterocycles. The number of carboxylic acid groups (broad SMARTS) is 1. The lowest BCUT2D eigenvalue weighted by molar-refractivity contribution is -0.137. The summed E-state index contributed by atoms with van der Waals surface area (Å²) in [7, 11) is 1.42. The van der Waals surface area contributed by atoms with Crippen LogP contribution in [-0.4, -0.2) is 42.3 Å². The van der Waals surface area contributed by atoms with Crippen molar-refractivity contribution in [2.75, 3.05) is 20.2 Å². The second-order valence-electron chi connectivity index (χ2n) is 5.85. The highest BCUT2D eigenvalue weighted by Crippen LogP contribution is 2.46. The molecule has 1 N–H and O–H groups in total. The average molecular weight is 313 g/mol. The Kier molecular flexibility index (Phi) is 4.19. The van der Waals surface area contributed by atoms with Gasteiger partial charge in [0.25, 0.3) is 0 Å². The van der Waals surface area contributed by atoms with Crippen LogP contribution in [0.15, 0.2) is 42.0 Å². The Morgan fingerprint density at radius 2 is 2.13 bits per heavy atom. The second kappa shape index (κ2) is 6.28. The zero-order valence-corrected chi connectivity index (χ0v) is 13.0. The van der Waals surface area contributed by atoms with Crippen LogP contribution >= 0.6 is 0 Å². The maximum Gasteiger partial charge on any atom is 0.410 e. The Hall–Kier alpha value is -2.56. The third kappa shape index (κ3) is 2.99. The van der Waals surface area contributed by atoms with Crippen molar-refractivity contribution >= 4 is 17.6 Å². The molecule has 1 unspecified atom stereocenters. The predicted octanol–water partition coefficient (Wildman–Crippen LogP) is 3.04. The number of likely N-dealkylation sites (N-methyl/N-ethyl adjacent to an activating group) is 1. The molecule has 5 nitrogen and oxygen atoms in total. The van der Waals surface area contributed by atoms with Gasteiger partial charge in [-0.2, -0.15) is 0 Å². The molecule has 1 aromatic rings. The molecule has 0 saturated carbocycles. The molecule has 1 amide bonds. The van der Waals surface area contributed by atoms with E-state index in [9.17, 15) is 9.59 Å². The molecule has 1 aromatic carbocycles. The van der Waals surface area contributed by atoms with Crippen LogP contribution in [0.3, 0.4) is 0 Å². The van der Waals surface area contributed by atoms with E-state index < -0.39 is 12.1 Å². The average Bonchev–Trinajstić information content (AvgIpc) is 2.86. The number of aliphatic carboxylic acids is 1. The molecule has 2 aliphatic carbocycles. The maximum absolute atomic E-state index is 11.9. The van der Waals surface area contributed by atoms with E-state index in [1.807, 2.05) is 12.1 Å². The molecule has 2 aliphatic rings. The van der Waals surface area contributed by atoms with Gasteiger partial charge in [0.05, 0.1) is 0 Å². The Morgan fingerprint density at radius 1 is 1.35 bits per heavy atom. The van der Waals surface area contributed by atoms with Gasteiger partial charge in [0.2, 0.25) is 0 Å². The van der Waals surface area contributed by atoms with Crippen molar-refractivity contribution in [2.24, 2.45) is 0 Å². The van der Waals surface area contributed by atoms with E-state index in [1.54, 1.807) is 0 Å². The van der Waals surface area contributed by atoms with Crippen molar-refractivity contribution in [3.8, 4) is 0 Å². The van der Waals surface area contributed by atoms with Crippen molar-refractivity contribution in [1.82, 2.24) is 4.90 Å². The highest BCUT2D eigenvalue weighted by atomic mass is 16.6. The minimum atomic E-state index is -1.06. The van der Waals surface area contributed by atoms with Crippen LogP contribution in [0.25, 0.3) is 5.57 Å². The summed E-state index contributed by atoms with van der Waals surface area (Å²) >= 11 is 0. The normalized spacial score (nSPS) is 18.4. The van der Waals surface area contributed by atoms with E-state index in [4.69, 9.17) is 9.84 Å². The number of benzene rings is 1. The number of carboxylic acids is 1. The highest BCUT2D eigenvalue weighted by Gasteiger charge is 2.31. The van der Waals surface area contributed by atoms with Crippen LogP contribution in [0, 0.1) is 0 Å². The standard InChI is InChI=1S/C18H19NO4/c1-19(10-17(20)21)18(22)23-11-16-14-8-4-2-6-12(14)13-7-3-5-9-15(13)16/h2-4,6-8,16H,5,9-11H2,1H3,(H,20,21). The van der Waals surface area contributed by atoms with E-state index in [1.165, 1.54) is 29.3 Å². The van der Waals surface area contributed by atoms with Gasteiger partial charge in [-0.15, -0.1) is 0 Å².